The first-order valence-corrected chi connectivity index (χ1v) is 13.8. The average Bonchev–Trinajstić information content (AvgIpc) is 3.38. The number of hydrogen-bond acceptors (Lipinski definition) is 6. The van der Waals surface area contributed by atoms with Crippen LogP contribution < -0.4 is 16.0 Å². The lowest BCUT2D eigenvalue weighted by atomic mass is 9.90. The predicted octanol–water partition coefficient (Wildman–Crippen LogP) is 3.88. The molecule has 0 radical (unpaired) electrons. The summed E-state index contributed by atoms with van der Waals surface area (Å²) in [6, 6.07) is 12.7. The fourth-order valence-corrected chi connectivity index (χ4v) is 5.64. The van der Waals surface area contributed by atoms with Gasteiger partial charge in [-0.15, -0.1) is 0 Å². The number of likely N-dealkylation sites (tertiary alicyclic amines) is 1. The van der Waals surface area contributed by atoms with Gasteiger partial charge in [0.2, 0.25) is 11.8 Å². The maximum atomic E-state index is 13.0. The summed E-state index contributed by atoms with van der Waals surface area (Å²) in [7, 11) is 0. The highest BCUT2D eigenvalue weighted by Gasteiger charge is 2.28. The van der Waals surface area contributed by atoms with Crippen molar-refractivity contribution in [3.05, 3.63) is 81.1 Å². The van der Waals surface area contributed by atoms with Crippen molar-refractivity contribution in [2.45, 2.75) is 44.2 Å². The summed E-state index contributed by atoms with van der Waals surface area (Å²) >= 11 is 12.3. The molecule has 1 atom stereocenters. The van der Waals surface area contributed by atoms with E-state index in [-0.39, 0.29) is 56.7 Å². The van der Waals surface area contributed by atoms with Gasteiger partial charge in [-0.3, -0.25) is 34.5 Å². The number of rotatable bonds is 7. The highest BCUT2D eigenvalue weighted by molar-refractivity contribution is 6.40. The minimum Gasteiger partial charge on any atom is -0.348 e. The van der Waals surface area contributed by atoms with Gasteiger partial charge in [-0.1, -0.05) is 53.5 Å². The van der Waals surface area contributed by atoms with Crippen molar-refractivity contribution < 1.29 is 19.2 Å². The molecule has 0 aliphatic carbocycles. The minimum atomic E-state index is -0.538. The predicted molar refractivity (Wildman–Crippen MR) is 150 cm³/mol. The molecule has 2 aromatic carbocycles. The van der Waals surface area contributed by atoms with Crippen LogP contribution in [0.5, 0.6) is 0 Å². The number of aromatic amines is 1. The second kappa shape index (κ2) is 12.2. The lowest BCUT2D eigenvalue weighted by molar-refractivity contribution is -0.134. The van der Waals surface area contributed by atoms with Crippen LogP contribution in [-0.4, -0.2) is 57.9 Å². The number of amides is 4. The second-order valence-electron chi connectivity index (χ2n) is 9.98. The molecule has 0 spiro atoms. The molecule has 1 unspecified atom stereocenters. The fraction of sp³-hybridized carbons (Fsp3) is 0.321. The van der Waals surface area contributed by atoms with Gasteiger partial charge < -0.3 is 10.6 Å². The molecule has 2 fully saturated rings. The third-order valence-corrected chi connectivity index (χ3v) is 7.88. The Morgan fingerprint density at radius 2 is 1.68 bits per heavy atom. The molecule has 1 aromatic heterocycles. The van der Waals surface area contributed by atoms with Gasteiger partial charge >= 0.3 is 0 Å². The summed E-state index contributed by atoms with van der Waals surface area (Å²) in [6.07, 6.45) is 3.80. The van der Waals surface area contributed by atoms with E-state index in [9.17, 15) is 19.2 Å². The molecular weight excluding hydrogens is 555 g/mol. The van der Waals surface area contributed by atoms with Gasteiger partial charge in [0.1, 0.15) is 5.69 Å². The highest BCUT2D eigenvalue weighted by atomic mass is 35.5. The van der Waals surface area contributed by atoms with E-state index in [0.29, 0.717) is 12.8 Å². The topological polar surface area (TPSA) is 136 Å². The number of halogens is 2. The monoisotopic (exact) mass is 582 g/mol. The molecule has 3 aromatic rings. The average molecular weight is 583 g/mol. The molecule has 0 saturated carbocycles. The molecule has 2 aliphatic rings. The fourth-order valence-electron chi connectivity index (χ4n) is 5.07. The van der Waals surface area contributed by atoms with Gasteiger partial charge in [0.25, 0.3) is 11.8 Å². The Morgan fingerprint density at radius 3 is 2.35 bits per heavy atom. The number of benzene rings is 2. The van der Waals surface area contributed by atoms with Crippen molar-refractivity contribution in [3.63, 3.8) is 0 Å². The molecule has 208 valence electrons. The largest absolute Gasteiger partial charge is 0.348 e. The Balaban J connectivity index is 1.11. The first kappa shape index (κ1) is 27.8. The number of carbonyl (C=O) groups is 4. The number of anilines is 1. The molecule has 40 heavy (non-hydrogen) atoms. The molecule has 2 saturated heterocycles. The van der Waals surface area contributed by atoms with Crippen molar-refractivity contribution in [2.75, 3.05) is 18.4 Å². The molecule has 3 heterocycles. The first-order valence-electron chi connectivity index (χ1n) is 13.0. The van der Waals surface area contributed by atoms with Crippen LogP contribution in [0.15, 0.2) is 48.7 Å². The van der Waals surface area contributed by atoms with Crippen LogP contribution in [0.1, 0.15) is 63.6 Å². The maximum absolute atomic E-state index is 13.0. The summed E-state index contributed by atoms with van der Waals surface area (Å²) < 4.78 is 0. The molecular formula is C28H28Cl2N6O4. The van der Waals surface area contributed by atoms with E-state index in [0.717, 1.165) is 43.6 Å². The van der Waals surface area contributed by atoms with Crippen LogP contribution in [0, 0.1) is 0 Å². The Hall–Kier alpha value is -3.73. The Bertz CT molecular complexity index is 1410. The minimum absolute atomic E-state index is 0.0245. The smallest absolute Gasteiger partial charge is 0.271 e. The summed E-state index contributed by atoms with van der Waals surface area (Å²) in [5.74, 6) is -1.63. The van der Waals surface area contributed by atoms with E-state index >= 15 is 0 Å². The third kappa shape index (κ3) is 6.35. The van der Waals surface area contributed by atoms with Crippen LogP contribution in [0.3, 0.4) is 0 Å². The standard InChI is InChI=1S/C28H28Cl2N6O4/c29-20-2-1-3-21(30)24(20)27(39)33-22-14-31-35-25(22)28(40)32-18-10-12-36(13-11-18)15-16-4-6-17(7-5-16)19-8-9-23(37)34-26(19)38/h1-7,14,18-19H,8-13,15H2,(H,31,35)(H,32,40)(H,33,39)(H,34,37,38). The number of H-pyrrole nitrogens is 1. The van der Waals surface area contributed by atoms with Crippen molar-refractivity contribution in [1.29, 1.82) is 0 Å². The van der Waals surface area contributed by atoms with Crippen LogP contribution in [-0.2, 0) is 16.1 Å². The number of imide groups is 1. The van der Waals surface area contributed by atoms with Gasteiger partial charge in [0, 0.05) is 32.1 Å². The number of piperidine rings is 2. The van der Waals surface area contributed by atoms with Gasteiger partial charge in [-0.25, -0.2) is 0 Å². The van der Waals surface area contributed by atoms with Crippen molar-refractivity contribution >= 4 is 52.5 Å². The van der Waals surface area contributed by atoms with Gasteiger partial charge in [0.15, 0.2) is 0 Å². The Morgan fingerprint density at radius 1 is 0.975 bits per heavy atom. The maximum Gasteiger partial charge on any atom is 0.271 e. The lowest BCUT2D eigenvalue weighted by Gasteiger charge is -2.32. The van der Waals surface area contributed by atoms with E-state index in [1.807, 2.05) is 24.3 Å². The molecule has 2 aliphatic heterocycles. The van der Waals surface area contributed by atoms with Crippen LogP contribution in [0.4, 0.5) is 5.69 Å². The lowest BCUT2D eigenvalue weighted by Crippen LogP contribution is -2.44. The van der Waals surface area contributed by atoms with E-state index in [1.165, 1.54) is 6.20 Å². The molecule has 12 heteroatoms. The second-order valence-corrected chi connectivity index (χ2v) is 10.8. The summed E-state index contributed by atoms with van der Waals surface area (Å²) in [5, 5.41) is 15.1. The molecule has 5 rings (SSSR count). The zero-order valence-electron chi connectivity index (χ0n) is 21.5. The van der Waals surface area contributed by atoms with E-state index in [1.54, 1.807) is 18.2 Å². The van der Waals surface area contributed by atoms with Gasteiger partial charge in [0.05, 0.1) is 33.4 Å². The number of hydrogen-bond donors (Lipinski definition) is 4. The van der Waals surface area contributed by atoms with E-state index in [2.05, 4.69) is 31.0 Å². The molecule has 10 nitrogen and oxygen atoms in total. The number of nitrogens with one attached hydrogen (secondary N) is 4. The molecule has 4 amide bonds. The normalized spacial score (nSPS) is 18.3. The van der Waals surface area contributed by atoms with Crippen molar-refractivity contribution in [3.8, 4) is 0 Å². The zero-order chi connectivity index (χ0) is 28.2. The summed E-state index contributed by atoms with van der Waals surface area (Å²) in [4.78, 5) is 51.6. The Labute approximate surface area is 240 Å². The number of aromatic nitrogens is 2. The van der Waals surface area contributed by atoms with Gasteiger partial charge in [-0.2, -0.15) is 5.10 Å². The van der Waals surface area contributed by atoms with Crippen molar-refractivity contribution in [1.82, 2.24) is 25.7 Å². The highest BCUT2D eigenvalue weighted by Crippen LogP contribution is 2.27. The number of nitrogens with zero attached hydrogens (tertiary/aromatic N) is 2. The summed E-state index contributed by atoms with van der Waals surface area (Å²) in [6.45, 7) is 2.37. The van der Waals surface area contributed by atoms with Crippen LogP contribution >= 0.6 is 23.2 Å². The zero-order valence-corrected chi connectivity index (χ0v) is 23.0. The molecule has 4 N–H and O–H groups in total. The summed E-state index contributed by atoms with van der Waals surface area (Å²) in [5.41, 5.74) is 2.55. The van der Waals surface area contributed by atoms with E-state index in [4.69, 9.17) is 23.2 Å². The SMILES string of the molecule is O=C1CCC(c2ccc(CN3CCC(NC(=O)c4[nH]ncc4NC(=O)c4c(Cl)cccc4Cl)CC3)cc2)C(=O)N1. The van der Waals surface area contributed by atoms with Crippen LogP contribution in [0.2, 0.25) is 10.0 Å². The Kier molecular flexibility index (Phi) is 8.49. The quantitative estimate of drug-likeness (QED) is 0.312. The first-order chi connectivity index (χ1) is 19.3. The third-order valence-electron chi connectivity index (χ3n) is 7.25. The van der Waals surface area contributed by atoms with Crippen molar-refractivity contribution in [2.24, 2.45) is 0 Å². The molecule has 0 bridgehead atoms. The number of carbonyl (C=O) groups excluding carboxylic acids is 4. The van der Waals surface area contributed by atoms with Crippen LogP contribution in [0.25, 0.3) is 0 Å². The van der Waals surface area contributed by atoms with E-state index < -0.39 is 5.91 Å². The van der Waals surface area contributed by atoms with Gasteiger partial charge in [-0.05, 0) is 42.5 Å².